The molecule has 4 atom stereocenters. The molecule has 4 heteroatoms. The van der Waals surface area contributed by atoms with Gasteiger partial charge in [0.05, 0.1) is 12.1 Å². The number of hydrogen-bond acceptors (Lipinski definition) is 3. The predicted molar refractivity (Wildman–Crippen MR) is 92.1 cm³/mol. The van der Waals surface area contributed by atoms with Gasteiger partial charge in [0.25, 0.3) is 5.91 Å². The largest absolute Gasteiger partial charge is 0.376 e. The molecule has 2 N–H and O–H groups in total. The van der Waals surface area contributed by atoms with E-state index in [-0.39, 0.29) is 24.0 Å². The van der Waals surface area contributed by atoms with Crippen molar-refractivity contribution in [1.29, 1.82) is 0 Å². The Balaban J connectivity index is 1.66. The van der Waals surface area contributed by atoms with Crippen LogP contribution in [0.3, 0.4) is 0 Å². The highest BCUT2D eigenvalue weighted by Gasteiger charge is 2.69. The molecule has 1 amide bonds. The van der Waals surface area contributed by atoms with Crippen molar-refractivity contribution < 1.29 is 9.90 Å². The SMILES string of the molecule is CC[C@H]1N[C@@H]1[C@@]1(O)C(=O)N(Cc2ccccc2)[C@H]1c1ccccc1. The molecule has 4 nitrogen and oxygen atoms in total. The third-order valence-electron chi connectivity index (χ3n) is 5.24. The van der Waals surface area contributed by atoms with Crippen molar-refractivity contribution in [2.45, 2.75) is 43.6 Å². The first kappa shape index (κ1) is 15.4. The van der Waals surface area contributed by atoms with E-state index < -0.39 is 5.60 Å². The Morgan fingerprint density at radius 2 is 1.71 bits per heavy atom. The quantitative estimate of drug-likeness (QED) is 0.655. The van der Waals surface area contributed by atoms with Crippen LogP contribution in [0.2, 0.25) is 0 Å². The van der Waals surface area contributed by atoms with Crippen LogP contribution in [0.25, 0.3) is 0 Å². The summed E-state index contributed by atoms with van der Waals surface area (Å²) in [7, 11) is 0. The maximum Gasteiger partial charge on any atom is 0.259 e. The van der Waals surface area contributed by atoms with E-state index in [1.165, 1.54) is 0 Å². The van der Waals surface area contributed by atoms with E-state index in [9.17, 15) is 9.90 Å². The molecule has 2 fully saturated rings. The first-order valence-electron chi connectivity index (χ1n) is 8.54. The van der Waals surface area contributed by atoms with Crippen molar-refractivity contribution in [3.8, 4) is 0 Å². The van der Waals surface area contributed by atoms with Gasteiger partial charge in [-0.25, -0.2) is 0 Å². The fourth-order valence-corrected chi connectivity index (χ4v) is 3.91. The number of β-lactam (4-membered cyclic amide) rings is 1. The summed E-state index contributed by atoms with van der Waals surface area (Å²) in [6.45, 7) is 2.59. The van der Waals surface area contributed by atoms with Crippen LogP contribution in [0.5, 0.6) is 0 Å². The zero-order valence-corrected chi connectivity index (χ0v) is 13.7. The molecule has 2 aromatic rings. The standard InChI is InChI=1S/C20H22N2O2/c1-2-16-17(21-16)20(24)18(15-11-7-4-8-12-15)22(19(20)23)13-14-9-5-3-6-10-14/h3-12,16-18,21,24H,2,13H2,1H3/t16-,17+,18+,20+/m1/s1. The highest BCUT2D eigenvalue weighted by atomic mass is 16.3. The van der Waals surface area contributed by atoms with Gasteiger partial charge in [0, 0.05) is 12.6 Å². The van der Waals surface area contributed by atoms with Crippen molar-refractivity contribution in [1.82, 2.24) is 10.2 Å². The molecule has 124 valence electrons. The zero-order chi connectivity index (χ0) is 16.7. The molecule has 0 aromatic heterocycles. The third-order valence-corrected chi connectivity index (χ3v) is 5.24. The zero-order valence-electron chi connectivity index (χ0n) is 13.7. The molecule has 24 heavy (non-hydrogen) atoms. The predicted octanol–water partition coefficient (Wildman–Crippen LogP) is 2.25. The number of hydrogen-bond donors (Lipinski definition) is 2. The van der Waals surface area contributed by atoms with Crippen LogP contribution in [-0.2, 0) is 11.3 Å². The van der Waals surface area contributed by atoms with Crippen LogP contribution in [-0.4, -0.2) is 33.6 Å². The van der Waals surface area contributed by atoms with Gasteiger partial charge in [-0.05, 0) is 17.5 Å². The summed E-state index contributed by atoms with van der Waals surface area (Å²) in [5.41, 5.74) is 0.722. The minimum absolute atomic E-state index is 0.146. The molecular weight excluding hydrogens is 300 g/mol. The van der Waals surface area contributed by atoms with Crippen molar-refractivity contribution >= 4 is 5.91 Å². The molecule has 0 aliphatic carbocycles. The second-order valence-corrected chi connectivity index (χ2v) is 6.72. The first-order chi connectivity index (χ1) is 11.7. The van der Waals surface area contributed by atoms with E-state index >= 15 is 0 Å². The van der Waals surface area contributed by atoms with E-state index in [0.29, 0.717) is 6.54 Å². The lowest BCUT2D eigenvalue weighted by Crippen LogP contribution is -2.71. The van der Waals surface area contributed by atoms with Gasteiger partial charge in [-0.1, -0.05) is 67.6 Å². The van der Waals surface area contributed by atoms with Gasteiger partial charge in [0.15, 0.2) is 5.60 Å². The Hall–Kier alpha value is -2.17. The normalized spacial score (nSPS) is 31.7. The summed E-state index contributed by atoms with van der Waals surface area (Å²) in [5.74, 6) is -0.173. The van der Waals surface area contributed by atoms with E-state index in [1.54, 1.807) is 4.90 Å². The van der Waals surface area contributed by atoms with Crippen LogP contribution >= 0.6 is 0 Å². The minimum atomic E-state index is -1.34. The van der Waals surface area contributed by atoms with Crippen LogP contribution in [0.15, 0.2) is 60.7 Å². The van der Waals surface area contributed by atoms with E-state index in [1.807, 2.05) is 60.7 Å². The third kappa shape index (κ3) is 2.26. The van der Waals surface area contributed by atoms with Crippen molar-refractivity contribution in [3.63, 3.8) is 0 Å². The summed E-state index contributed by atoms with van der Waals surface area (Å²) in [4.78, 5) is 14.6. The Morgan fingerprint density at radius 3 is 2.29 bits per heavy atom. The summed E-state index contributed by atoms with van der Waals surface area (Å²) >= 11 is 0. The number of aliphatic hydroxyl groups is 1. The topological polar surface area (TPSA) is 62.5 Å². The maximum atomic E-state index is 12.9. The van der Waals surface area contributed by atoms with Crippen LogP contribution < -0.4 is 5.32 Å². The van der Waals surface area contributed by atoms with Crippen LogP contribution in [0.1, 0.15) is 30.5 Å². The number of benzene rings is 2. The van der Waals surface area contributed by atoms with Crippen LogP contribution in [0.4, 0.5) is 0 Å². The molecule has 2 aliphatic rings. The number of likely N-dealkylation sites (tertiary alicyclic amines) is 1. The number of nitrogens with one attached hydrogen (secondary N) is 1. The maximum absolute atomic E-state index is 12.9. The van der Waals surface area contributed by atoms with E-state index in [2.05, 4.69) is 12.2 Å². The highest BCUT2D eigenvalue weighted by molar-refractivity contribution is 5.95. The lowest BCUT2D eigenvalue weighted by atomic mass is 9.74. The van der Waals surface area contributed by atoms with Gasteiger partial charge in [-0.2, -0.15) is 0 Å². The summed E-state index contributed by atoms with van der Waals surface area (Å²) < 4.78 is 0. The summed E-state index contributed by atoms with van der Waals surface area (Å²) in [6, 6.07) is 19.5. The Bertz CT molecular complexity index is 734. The Kier molecular flexibility index (Phi) is 3.66. The molecule has 0 bridgehead atoms. The molecular formula is C20H22N2O2. The van der Waals surface area contributed by atoms with Gasteiger partial charge in [-0.15, -0.1) is 0 Å². The molecule has 2 saturated heterocycles. The second-order valence-electron chi connectivity index (χ2n) is 6.72. The lowest BCUT2D eigenvalue weighted by Gasteiger charge is -2.53. The molecule has 0 spiro atoms. The van der Waals surface area contributed by atoms with Gasteiger partial charge in [0.2, 0.25) is 0 Å². The van der Waals surface area contributed by atoms with E-state index in [4.69, 9.17) is 0 Å². The first-order valence-corrected chi connectivity index (χ1v) is 8.54. The fraction of sp³-hybridized carbons (Fsp3) is 0.350. The smallest absolute Gasteiger partial charge is 0.259 e. The number of carbonyl (C=O) groups excluding carboxylic acids is 1. The molecule has 2 aromatic carbocycles. The number of amides is 1. The molecule has 2 heterocycles. The number of nitrogens with zero attached hydrogens (tertiary/aromatic N) is 1. The highest BCUT2D eigenvalue weighted by Crippen LogP contribution is 2.50. The van der Waals surface area contributed by atoms with Gasteiger partial charge in [-0.3, -0.25) is 4.79 Å². The molecule has 0 unspecified atom stereocenters. The van der Waals surface area contributed by atoms with Crippen LogP contribution in [0, 0.1) is 0 Å². The van der Waals surface area contributed by atoms with Gasteiger partial charge < -0.3 is 15.3 Å². The lowest BCUT2D eigenvalue weighted by molar-refractivity contribution is -0.195. The van der Waals surface area contributed by atoms with Crippen molar-refractivity contribution in [3.05, 3.63) is 71.8 Å². The molecule has 0 radical (unpaired) electrons. The summed E-state index contributed by atoms with van der Waals surface area (Å²) in [5, 5.41) is 14.5. The molecule has 4 rings (SSSR count). The number of carbonyl (C=O) groups is 1. The van der Waals surface area contributed by atoms with Gasteiger partial charge in [0.1, 0.15) is 0 Å². The van der Waals surface area contributed by atoms with Gasteiger partial charge >= 0.3 is 0 Å². The van der Waals surface area contributed by atoms with E-state index in [0.717, 1.165) is 17.5 Å². The second kappa shape index (κ2) is 5.72. The Morgan fingerprint density at radius 1 is 1.08 bits per heavy atom. The summed E-state index contributed by atoms with van der Waals surface area (Å²) in [6.07, 6.45) is 0.917. The minimum Gasteiger partial charge on any atom is -0.376 e. The van der Waals surface area contributed by atoms with Crippen molar-refractivity contribution in [2.24, 2.45) is 0 Å². The molecule has 2 aliphatic heterocycles. The monoisotopic (exact) mass is 322 g/mol. The molecule has 0 saturated carbocycles. The van der Waals surface area contributed by atoms with Crippen molar-refractivity contribution in [2.75, 3.05) is 0 Å². The average Bonchev–Trinajstić information content (AvgIpc) is 3.42. The fourth-order valence-electron chi connectivity index (χ4n) is 3.91. The Labute approximate surface area is 142 Å². The average molecular weight is 322 g/mol. The number of rotatable bonds is 5.